The van der Waals surface area contributed by atoms with Gasteiger partial charge in [0.1, 0.15) is 11.6 Å². The minimum atomic E-state index is -0.0316. The number of anilines is 1. The first-order valence-electron chi connectivity index (χ1n) is 7.51. The van der Waals surface area contributed by atoms with E-state index < -0.39 is 0 Å². The molecule has 0 aromatic carbocycles. The minimum Gasteiger partial charge on any atom is -0.367 e. The van der Waals surface area contributed by atoms with Gasteiger partial charge < -0.3 is 10.3 Å². The second-order valence-corrected chi connectivity index (χ2v) is 6.31. The number of hydrogen-bond donors (Lipinski definition) is 2. The van der Waals surface area contributed by atoms with Crippen LogP contribution in [0.1, 0.15) is 57.7 Å². The van der Waals surface area contributed by atoms with E-state index >= 15 is 0 Å². The van der Waals surface area contributed by atoms with Gasteiger partial charge in [-0.15, -0.1) is 0 Å². The molecule has 3 rings (SSSR count). The normalized spacial score (nSPS) is 31.2. The van der Waals surface area contributed by atoms with Crippen molar-refractivity contribution in [3.63, 3.8) is 0 Å². The largest absolute Gasteiger partial charge is 0.367 e. The van der Waals surface area contributed by atoms with Gasteiger partial charge in [0, 0.05) is 18.0 Å². The molecular weight excluding hydrogens is 238 g/mol. The van der Waals surface area contributed by atoms with Crippen molar-refractivity contribution in [3.8, 4) is 0 Å². The highest BCUT2D eigenvalue weighted by atomic mass is 16.1. The van der Waals surface area contributed by atoms with E-state index in [0.717, 1.165) is 30.4 Å². The van der Waals surface area contributed by atoms with Crippen LogP contribution in [0.5, 0.6) is 0 Å². The lowest BCUT2D eigenvalue weighted by Gasteiger charge is -2.34. The van der Waals surface area contributed by atoms with E-state index in [0.29, 0.717) is 17.9 Å². The molecule has 104 valence electrons. The van der Waals surface area contributed by atoms with Gasteiger partial charge in [0.05, 0.1) is 0 Å². The number of aromatic amines is 1. The van der Waals surface area contributed by atoms with Gasteiger partial charge in [-0.25, -0.2) is 4.98 Å². The van der Waals surface area contributed by atoms with E-state index in [1.807, 2.05) is 0 Å². The highest BCUT2D eigenvalue weighted by Crippen LogP contribution is 2.38. The summed E-state index contributed by atoms with van der Waals surface area (Å²) in [6.07, 6.45) is 6.07. The third kappa shape index (κ3) is 2.82. The molecule has 2 fully saturated rings. The predicted molar refractivity (Wildman–Crippen MR) is 76.4 cm³/mol. The van der Waals surface area contributed by atoms with Gasteiger partial charge in [0.25, 0.3) is 5.56 Å². The Morgan fingerprint density at radius 3 is 2.79 bits per heavy atom. The summed E-state index contributed by atoms with van der Waals surface area (Å²) in [4.78, 5) is 19.1. The number of rotatable bonds is 3. The molecule has 1 aromatic heterocycles. The van der Waals surface area contributed by atoms with Crippen LogP contribution in [-0.2, 0) is 0 Å². The summed E-state index contributed by atoms with van der Waals surface area (Å²) >= 11 is 0. The van der Waals surface area contributed by atoms with Crippen LogP contribution in [0.3, 0.4) is 0 Å². The van der Waals surface area contributed by atoms with E-state index in [-0.39, 0.29) is 5.56 Å². The minimum absolute atomic E-state index is 0.0316. The second-order valence-electron chi connectivity index (χ2n) is 6.31. The second kappa shape index (κ2) is 4.99. The zero-order valence-corrected chi connectivity index (χ0v) is 11.8. The highest BCUT2D eigenvalue weighted by molar-refractivity contribution is 5.35. The molecule has 2 aliphatic rings. The molecule has 0 spiro atoms. The molecule has 4 heteroatoms. The maximum atomic E-state index is 11.7. The molecule has 0 radical (unpaired) electrons. The van der Waals surface area contributed by atoms with Gasteiger partial charge in [-0.1, -0.05) is 26.7 Å². The quantitative estimate of drug-likeness (QED) is 0.879. The lowest BCUT2D eigenvalue weighted by molar-refractivity contribution is 0.253. The number of nitrogens with one attached hydrogen (secondary N) is 2. The number of aromatic nitrogens is 2. The summed E-state index contributed by atoms with van der Waals surface area (Å²) in [7, 11) is 0. The standard InChI is InChI=1S/C15H23N3O/c1-9-4-3-5-12(10(9)2)16-13-8-14(19)18-15(17-13)11-6-7-11/h8-12H,3-7H2,1-2H3,(H2,16,17,18,19). The summed E-state index contributed by atoms with van der Waals surface area (Å²) in [5.74, 6) is 3.50. The van der Waals surface area contributed by atoms with Gasteiger partial charge in [-0.3, -0.25) is 4.79 Å². The van der Waals surface area contributed by atoms with Crippen molar-refractivity contribution in [1.82, 2.24) is 9.97 Å². The molecule has 0 aliphatic heterocycles. The molecule has 2 saturated carbocycles. The number of nitrogens with zero attached hydrogens (tertiary/aromatic N) is 1. The van der Waals surface area contributed by atoms with Crippen molar-refractivity contribution >= 4 is 5.82 Å². The molecule has 19 heavy (non-hydrogen) atoms. The van der Waals surface area contributed by atoms with Gasteiger partial charge in [0.15, 0.2) is 0 Å². The topological polar surface area (TPSA) is 57.8 Å². The molecule has 3 atom stereocenters. The Labute approximate surface area is 114 Å². The van der Waals surface area contributed by atoms with Gasteiger partial charge in [-0.05, 0) is 31.1 Å². The Morgan fingerprint density at radius 2 is 2.05 bits per heavy atom. The van der Waals surface area contributed by atoms with Crippen molar-refractivity contribution in [2.75, 3.05) is 5.32 Å². The maximum absolute atomic E-state index is 11.7. The van der Waals surface area contributed by atoms with E-state index in [2.05, 4.69) is 29.1 Å². The average Bonchev–Trinajstić information content (AvgIpc) is 3.18. The Morgan fingerprint density at radius 1 is 1.26 bits per heavy atom. The summed E-state index contributed by atoms with van der Waals surface area (Å²) in [5.41, 5.74) is -0.0316. The fourth-order valence-electron chi connectivity index (χ4n) is 3.08. The van der Waals surface area contributed by atoms with Crippen molar-refractivity contribution < 1.29 is 0 Å². The van der Waals surface area contributed by atoms with E-state index in [1.165, 1.54) is 19.3 Å². The smallest absolute Gasteiger partial charge is 0.252 e. The SMILES string of the molecule is CC1CCCC(Nc2cc(=O)[nH]c(C3CC3)n2)C1C. The third-order valence-corrected chi connectivity index (χ3v) is 4.76. The molecule has 1 heterocycles. The van der Waals surface area contributed by atoms with Crippen molar-refractivity contribution in [2.24, 2.45) is 11.8 Å². The van der Waals surface area contributed by atoms with Crippen molar-refractivity contribution in [1.29, 1.82) is 0 Å². The van der Waals surface area contributed by atoms with Crippen molar-refractivity contribution in [2.45, 2.75) is 57.9 Å². The molecule has 4 nitrogen and oxygen atoms in total. The lowest BCUT2D eigenvalue weighted by Crippen LogP contribution is -2.35. The predicted octanol–water partition coefficient (Wildman–Crippen LogP) is 2.88. The van der Waals surface area contributed by atoms with Crippen LogP contribution in [0.2, 0.25) is 0 Å². The van der Waals surface area contributed by atoms with E-state index in [1.54, 1.807) is 6.07 Å². The zero-order chi connectivity index (χ0) is 13.4. The molecule has 2 N–H and O–H groups in total. The van der Waals surface area contributed by atoms with Crippen LogP contribution in [0, 0.1) is 11.8 Å². The fourth-order valence-corrected chi connectivity index (χ4v) is 3.08. The van der Waals surface area contributed by atoms with Crippen LogP contribution in [0.15, 0.2) is 10.9 Å². The summed E-state index contributed by atoms with van der Waals surface area (Å²) in [5, 5.41) is 3.49. The summed E-state index contributed by atoms with van der Waals surface area (Å²) < 4.78 is 0. The van der Waals surface area contributed by atoms with Crippen molar-refractivity contribution in [3.05, 3.63) is 22.2 Å². The number of H-pyrrole nitrogens is 1. The molecule has 0 amide bonds. The van der Waals surface area contributed by atoms with E-state index in [9.17, 15) is 4.79 Å². The van der Waals surface area contributed by atoms with Gasteiger partial charge in [-0.2, -0.15) is 0 Å². The molecule has 0 saturated heterocycles. The molecule has 3 unspecified atom stereocenters. The Balaban J connectivity index is 1.77. The van der Waals surface area contributed by atoms with Crippen LogP contribution < -0.4 is 10.9 Å². The average molecular weight is 261 g/mol. The van der Waals surface area contributed by atoms with Gasteiger partial charge >= 0.3 is 0 Å². The fraction of sp³-hybridized carbons (Fsp3) is 0.733. The van der Waals surface area contributed by atoms with Crippen LogP contribution >= 0.6 is 0 Å². The first kappa shape index (κ1) is 12.7. The molecular formula is C15H23N3O. The van der Waals surface area contributed by atoms with Crippen LogP contribution in [0.25, 0.3) is 0 Å². The third-order valence-electron chi connectivity index (χ3n) is 4.76. The summed E-state index contributed by atoms with van der Waals surface area (Å²) in [6, 6.07) is 2.04. The van der Waals surface area contributed by atoms with Gasteiger partial charge in [0.2, 0.25) is 0 Å². The first-order valence-corrected chi connectivity index (χ1v) is 7.51. The Hall–Kier alpha value is -1.32. The lowest BCUT2D eigenvalue weighted by atomic mass is 9.78. The van der Waals surface area contributed by atoms with Crippen LogP contribution in [-0.4, -0.2) is 16.0 Å². The Kier molecular flexibility index (Phi) is 3.33. The first-order chi connectivity index (χ1) is 9.13. The monoisotopic (exact) mass is 261 g/mol. The maximum Gasteiger partial charge on any atom is 0.252 e. The molecule has 1 aromatic rings. The summed E-state index contributed by atoms with van der Waals surface area (Å²) in [6.45, 7) is 4.62. The Bertz CT molecular complexity index is 506. The number of hydrogen-bond acceptors (Lipinski definition) is 3. The zero-order valence-electron chi connectivity index (χ0n) is 11.8. The molecule has 0 bridgehead atoms. The highest BCUT2D eigenvalue weighted by Gasteiger charge is 2.29. The van der Waals surface area contributed by atoms with E-state index in [4.69, 9.17) is 0 Å². The molecule has 2 aliphatic carbocycles. The van der Waals surface area contributed by atoms with Crippen LogP contribution in [0.4, 0.5) is 5.82 Å².